The van der Waals surface area contributed by atoms with Crippen molar-refractivity contribution in [1.29, 1.82) is 0 Å². The largest absolute Gasteiger partial charge is 0.496 e. The van der Waals surface area contributed by atoms with E-state index in [1.807, 2.05) is 0 Å². The van der Waals surface area contributed by atoms with Gasteiger partial charge in [0, 0.05) is 18.1 Å². The molecule has 0 unspecified atom stereocenters. The summed E-state index contributed by atoms with van der Waals surface area (Å²) in [4.78, 5) is 11.3. The van der Waals surface area contributed by atoms with Crippen LogP contribution in [0.5, 0.6) is 5.75 Å². The van der Waals surface area contributed by atoms with E-state index in [0.29, 0.717) is 0 Å². The fourth-order valence-electron chi connectivity index (χ4n) is 2.63. The van der Waals surface area contributed by atoms with Gasteiger partial charge in [0.2, 0.25) is 0 Å². The molecule has 2 aliphatic rings. The number of benzene rings is 1. The summed E-state index contributed by atoms with van der Waals surface area (Å²) in [7, 11) is 1.19. The van der Waals surface area contributed by atoms with E-state index < -0.39 is 17.6 Å². The molecule has 5 nitrogen and oxygen atoms in total. The van der Waals surface area contributed by atoms with E-state index in [-0.39, 0.29) is 16.2 Å². The smallest absolute Gasteiger partial charge is 0.416 e. The van der Waals surface area contributed by atoms with Crippen molar-refractivity contribution < 1.29 is 27.4 Å². The molecule has 28 heavy (non-hydrogen) atoms. The van der Waals surface area contributed by atoms with Gasteiger partial charge in [0.05, 0.1) is 18.2 Å². The van der Waals surface area contributed by atoms with Crippen molar-refractivity contribution in [2.45, 2.75) is 43.2 Å². The molecule has 0 bridgehead atoms. The van der Waals surface area contributed by atoms with E-state index in [1.54, 1.807) is 6.26 Å². The third-order valence-corrected chi connectivity index (χ3v) is 4.88. The van der Waals surface area contributed by atoms with Crippen LogP contribution in [0.4, 0.5) is 13.2 Å². The molecule has 0 radical (unpaired) electrons. The molecule has 0 saturated carbocycles. The molecular formula is C19H29F3N2O3S. The fraction of sp³-hybridized carbons (Fsp3) is 0.632. The number of primary amides is 1. The maximum absolute atomic E-state index is 12.6. The number of alkyl halides is 3. The molecule has 0 aromatic heterocycles. The van der Waals surface area contributed by atoms with E-state index in [0.717, 1.165) is 37.1 Å². The van der Waals surface area contributed by atoms with Crippen LogP contribution in [0.25, 0.3) is 0 Å². The number of methoxy groups -OCH3 is 1. The summed E-state index contributed by atoms with van der Waals surface area (Å²) in [5.74, 6) is -0.989. The van der Waals surface area contributed by atoms with Crippen LogP contribution in [0.15, 0.2) is 17.0 Å². The van der Waals surface area contributed by atoms with Crippen LogP contribution in [0.1, 0.15) is 48.0 Å². The topological polar surface area (TPSA) is 73.6 Å². The second kappa shape index (κ2) is 12.9. The van der Waals surface area contributed by atoms with Crippen LogP contribution in [0.3, 0.4) is 0 Å². The van der Waals surface area contributed by atoms with Crippen LogP contribution in [0, 0.1) is 0 Å². The van der Waals surface area contributed by atoms with Crippen molar-refractivity contribution in [1.82, 2.24) is 5.32 Å². The highest BCUT2D eigenvalue weighted by atomic mass is 32.2. The molecular weight excluding hydrogens is 393 g/mol. The number of halogens is 3. The zero-order valence-corrected chi connectivity index (χ0v) is 17.2. The monoisotopic (exact) mass is 422 g/mol. The Morgan fingerprint density at radius 3 is 2.04 bits per heavy atom. The third kappa shape index (κ3) is 8.70. The van der Waals surface area contributed by atoms with Crippen LogP contribution in [-0.4, -0.2) is 45.6 Å². The second-order valence-electron chi connectivity index (χ2n) is 6.25. The molecule has 1 aromatic carbocycles. The Hall–Kier alpha value is -1.45. The molecule has 9 heteroatoms. The van der Waals surface area contributed by atoms with Gasteiger partial charge in [0.1, 0.15) is 5.75 Å². The molecule has 0 atom stereocenters. The van der Waals surface area contributed by atoms with Crippen molar-refractivity contribution in [3.05, 3.63) is 23.3 Å². The number of amides is 1. The molecule has 0 spiro atoms. The number of ether oxygens (including phenoxy) is 2. The van der Waals surface area contributed by atoms with Crippen LogP contribution >= 0.6 is 11.8 Å². The predicted octanol–water partition coefficient (Wildman–Crippen LogP) is 4.09. The maximum Gasteiger partial charge on any atom is 0.416 e. The van der Waals surface area contributed by atoms with Crippen LogP contribution in [0.2, 0.25) is 0 Å². The number of thioether (sulfide) groups is 1. The first kappa shape index (κ1) is 24.6. The summed E-state index contributed by atoms with van der Waals surface area (Å²) in [5.41, 5.74) is 4.21. The molecule has 2 fully saturated rings. The number of carbonyl (C=O) groups is 1. The highest BCUT2D eigenvalue weighted by molar-refractivity contribution is 7.98. The Labute approximate surface area is 168 Å². The fourth-order valence-corrected chi connectivity index (χ4v) is 3.28. The average Bonchev–Trinajstić information content (AvgIpc) is 3.28. The summed E-state index contributed by atoms with van der Waals surface area (Å²) in [6.07, 6.45) is 3.77. The highest BCUT2D eigenvalue weighted by Crippen LogP contribution is 2.37. The summed E-state index contributed by atoms with van der Waals surface area (Å²) in [5, 5.41) is 3.22. The summed E-state index contributed by atoms with van der Waals surface area (Å²) in [6.45, 7) is 4.50. The standard InChI is InChI=1S/C10H10F3NO2S.C5H10O.C4H9N/c1-16-6-3-5(10(11,12)13)4-7(17-2)8(6)9(14)15;1-2-4-6-5-3-1;1-2-4-5-3-1/h3-4H,1-2H3,(H2,14,15);1-5H2;5H,1-4H2. The Bertz CT molecular complexity index is 560. The normalized spacial score (nSPS) is 16.3. The predicted molar refractivity (Wildman–Crippen MR) is 105 cm³/mol. The van der Waals surface area contributed by atoms with E-state index in [2.05, 4.69) is 5.32 Å². The zero-order chi connectivity index (χ0) is 21.0. The number of rotatable bonds is 3. The molecule has 1 aromatic rings. The van der Waals surface area contributed by atoms with Gasteiger partial charge in [-0.15, -0.1) is 11.8 Å². The highest BCUT2D eigenvalue weighted by Gasteiger charge is 2.33. The Morgan fingerprint density at radius 1 is 1.14 bits per heavy atom. The van der Waals surface area contributed by atoms with Gasteiger partial charge in [-0.1, -0.05) is 0 Å². The maximum atomic E-state index is 12.6. The van der Waals surface area contributed by atoms with E-state index in [9.17, 15) is 18.0 Å². The van der Waals surface area contributed by atoms with E-state index in [1.165, 1.54) is 52.3 Å². The van der Waals surface area contributed by atoms with E-state index >= 15 is 0 Å². The third-order valence-electron chi connectivity index (χ3n) is 4.11. The molecule has 3 N–H and O–H groups in total. The summed E-state index contributed by atoms with van der Waals surface area (Å²) in [6, 6.07) is 1.65. The van der Waals surface area contributed by atoms with Crippen LogP contribution < -0.4 is 15.8 Å². The van der Waals surface area contributed by atoms with Gasteiger partial charge in [-0.3, -0.25) is 4.79 Å². The molecule has 160 valence electrons. The van der Waals surface area contributed by atoms with Gasteiger partial charge in [0.25, 0.3) is 5.91 Å². The molecule has 2 saturated heterocycles. The zero-order valence-electron chi connectivity index (χ0n) is 16.4. The van der Waals surface area contributed by atoms with Gasteiger partial charge in [-0.05, 0) is 63.6 Å². The van der Waals surface area contributed by atoms with Gasteiger partial charge < -0.3 is 20.5 Å². The summed E-state index contributed by atoms with van der Waals surface area (Å²) >= 11 is 1.00. The van der Waals surface area contributed by atoms with Gasteiger partial charge in [-0.25, -0.2) is 0 Å². The number of nitrogens with two attached hydrogens (primary N) is 1. The molecule has 0 aliphatic carbocycles. The van der Waals surface area contributed by atoms with Crippen molar-refractivity contribution in [3.8, 4) is 5.75 Å². The van der Waals surface area contributed by atoms with Crippen molar-refractivity contribution in [2.75, 3.05) is 39.7 Å². The van der Waals surface area contributed by atoms with Gasteiger partial charge >= 0.3 is 6.18 Å². The first-order valence-corrected chi connectivity index (χ1v) is 10.4. The van der Waals surface area contributed by atoms with Crippen LogP contribution in [-0.2, 0) is 10.9 Å². The SMILES string of the molecule is C1CCNC1.C1CCOCC1.COc1cc(C(F)(F)F)cc(SC)c1C(N)=O. The van der Waals surface area contributed by atoms with Gasteiger partial charge in [-0.2, -0.15) is 13.2 Å². The Balaban J connectivity index is 0.000000285. The Kier molecular flexibility index (Phi) is 11.3. The number of hydrogen-bond acceptors (Lipinski definition) is 5. The lowest BCUT2D eigenvalue weighted by Crippen LogP contribution is -2.15. The Morgan fingerprint density at radius 2 is 1.75 bits per heavy atom. The molecule has 2 heterocycles. The van der Waals surface area contributed by atoms with Crippen molar-refractivity contribution in [3.63, 3.8) is 0 Å². The lowest BCUT2D eigenvalue weighted by molar-refractivity contribution is -0.137. The lowest BCUT2D eigenvalue weighted by Gasteiger charge is -2.14. The average molecular weight is 423 g/mol. The lowest BCUT2D eigenvalue weighted by atomic mass is 10.1. The van der Waals surface area contributed by atoms with Crippen molar-refractivity contribution in [2.24, 2.45) is 5.73 Å². The minimum atomic E-state index is -4.49. The quantitative estimate of drug-likeness (QED) is 0.718. The second-order valence-corrected chi connectivity index (χ2v) is 7.10. The molecule has 1 amide bonds. The van der Waals surface area contributed by atoms with E-state index in [4.69, 9.17) is 15.2 Å². The van der Waals surface area contributed by atoms with Gasteiger partial charge in [0.15, 0.2) is 0 Å². The number of hydrogen-bond donors (Lipinski definition) is 2. The minimum Gasteiger partial charge on any atom is -0.496 e. The molecule has 3 rings (SSSR count). The number of nitrogens with one attached hydrogen (secondary N) is 1. The first-order chi connectivity index (χ1) is 13.3. The first-order valence-electron chi connectivity index (χ1n) is 9.22. The number of carbonyl (C=O) groups excluding carboxylic acids is 1. The summed E-state index contributed by atoms with van der Waals surface area (Å²) < 4.78 is 47.6. The van der Waals surface area contributed by atoms with Crippen molar-refractivity contribution >= 4 is 17.7 Å². The minimum absolute atomic E-state index is 0.0343. The molecule has 2 aliphatic heterocycles.